The fourth-order valence-corrected chi connectivity index (χ4v) is 4.19. The van der Waals surface area contributed by atoms with Crippen LogP contribution in [0.4, 0.5) is 5.69 Å². The Morgan fingerprint density at radius 1 is 1.10 bits per heavy atom. The first kappa shape index (κ1) is 23.1. The molecule has 2 amide bonds. The number of halogens is 2. The fourth-order valence-electron chi connectivity index (χ4n) is 3.89. The van der Waals surface area contributed by atoms with Crippen LogP contribution in [0.5, 0.6) is 0 Å². The van der Waals surface area contributed by atoms with Crippen LogP contribution in [-0.2, 0) is 15.1 Å². The van der Waals surface area contributed by atoms with Crippen molar-refractivity contribution in [3.05, 3.63) is 63.6 Å². The zero-order valence-corrected chi connectivity index (χ0v) is 18.7. The Kier molecular flexibility index (Phi) is 7.23. The molecule has 0 saturated carbocycles. The monoisotopic (exact) mass is 462 g/mol. The molecule has 0 radical (unpaired) electrons. The molecule has 6 nitrogen and oxygen atoms in total. The zero-order chi connectivity index (χ0) is 22.6. The topological polar surface area (TPSA) is 86.7 Å². The average Bonchev–Trinajstić information content (AvgIpc) is 2.97. The molecule has 0 spiro atoms. The van der Waals surface area contributed by atoms with Crippen LogP contribution in [0.3, 0.4) is 0 Å². The van der Waals surface area contributed by atoms with Gasteiger partial charge in [0.25, 0.3) is 11.8 Å². The summed E-state index contributed by atoms with van der Waals surface area (Å²) < 4.78 is 0. The number of anilines is 1. The van der Waals surface area contributed by atoms with E-state index >= 15 is 0 Å². The van der Waals surface area contributed by atoms with Crippen molar-refractivity contribution in [3.8, 4) is 0 Å². The van der Waals surface area contributed by atoms with Gasteiger partial charge in [0.15, 0.2) is 0 Å². The van der Waals surface area contributed by atoms with Crippen LogP contribution in [0.25, 0.3) is 0 Å². The van der Waals surface area contributed by atoms with Crippen molar-refractivity contribution in [2.45, 2.75) is 44.6 Å². The van der Waals surface area contributed by atoms with Gasteiger partial charge < -0.3 is 15.3 Å². The van der Waals surface area contributed by atoms with Crippen molar-refractivity contribution in [3.63, 3.8) is 0 Å². The van der Waals surface area contributed by atoms with Gasteiger partial charge in [0.1, 0.15) is 5.54 Å². The summed E-state index contributed by atoms with van der Waals surface area (Å²) in [6, 6.07) is 11.6. The first-order chi connectivity index (χ1) is 14.8. The average molecular weight is 463 g/mol. The predicted octanol–water partition coefficient (Wildman–Crippen LogP) is 5.02. The molecule has 0 fully saturated rings. The fraction of sp³-hybridized carbons (Fsp3) is 0.348. The molecule has 8 heteroatoms. The van der Waals surface area contributed by atoms with Gasteiger partial charge in [-0.1, -0.05) is 61.2 Å². The molecular formula is C23H24Cl2N2O4. The van der Waals surface area contributed by atoms with Crippen molar-refractivity contribution < 1.29 is 19.5 Å². The summed E-state index contributed by atoms with van der Waals surface area (Å²) in [4.78, 5) is 39.8. The lowest BCUT2D eigenvalue weighted by atomic mass is 9.86. The van der Waals surface area contributed by atoms with E-state index in [1.54, 1.807) is 17.0 Å². The molecule has 2 N–H and O–H groups in total. The number of carboxylic acids is 1. The number of carbonyl (C=O) groups excluding carboxylic acids is 2. The van der Waals surface area contributed by atoms with Crippen molar-refractivity contribution in [1.82, 2.24) is 5.32 Å². The third kappa shape index (κ3) is 4.70. The van der Waals surface area contributed by atoms with Crippen LogP contribution in [0, 0.1) is 0 Å². The lowest BCUT2D eigenvalue weighted by molar-refractivity contribution is -0.137. The molecule has 2 aromatic carbocycles. The Labute approximate surface area is 191 Å². The highest BCUT2D eigenvalue weighted by atomic mass is 35.5. The van der Waals surface area contributed by atoms with E-state index in [0.717, 1.165) is 19.3 Å². The molecule has 31 heavy (non-hydrogen) atoms. The standard InChI is InChI=1S/C23H24Cl2N2O4/c1-2-3-6-13-27-19-8-5-4-7-16(19)23(22(27)31,12-11-20(28)29)26-21(30)15-9-10-17(24)18(25)14-15/h4-5,7-10,14H,2-3,6,11-13H2,1H3,(H,26,30)(H,28,29). The molecule has 0 bridgehead atoms. The first-order valence-corrected chi connectivity index (χ1v) is 11.0. The van der Waals surface area contributed by atoms with Gasteiger partial charge in [-0.3, -0.25) is 14.4 Å². The molecule has 0 saturated heterocycles. The van der Waals surface area contributed by atoms with E-state index < -0.39 is 17.4 Å². The van der Waals surface area contributed by atoms with E-state index in [0.29, 0.717) is 22.8 Å². The molecule has 1 aliphatic rings. The highest BCUT2D eigenvalue weighted by Gasteiger charge is 2.51. The first-order valence-electron chi connectivity index (χ1n) is 10.2. The molecule has 3 rings (SSSR count). The molecule has 0 aliphatic carbocycles. The Morgan fingerprint density at radius 3 is 2.52 bits per heavy atom. The number of hydrogen-bond acceptors (Lipinski definition) is 3. The van der Waals surface area contributed by atoms with Gasteiger partial charge in [0.2, 0.25) is 0 Å². The molecule has 2 aromatic rings. The Hall–Kier alpha value is -2.57. The summed E-state index contributed by atoms with van der Waals surface area (Å²) in [6.07, 6.45) is 2.44. The van der Waals surface area contributed by atoms with E-state index in [-0.39, 0.29) is 29.3 Å². The molecule has 0 aromatic heterocycles. The van der Waals surface area contributed by atoms with Gasteiger partial charge >= 0.3 is 5.97 Å². The third-order valence-electron chi connectivity index (χ3n) is 5.47. The number of hydrogen-bond donors (Lipinski definition) is 2. The number of unbranched alkanes of at least 4 members (excludes halogenated alkanes) is 2. The lowest BCUT2D eigenvalue weighted by Crippen LogP contribution is -2.53. The van der Waals surface area contributed by atoms with Crippen molar-refractivity contribution in [1.29, 1.82) is 0 Å². The molecular weight excluding hydrogens is 439 g/mol. The van der Waals surface area contributed by atoms with E-state index in [1.807, 2.05) is 12.1 Å². The largest absolute Gasteiger partial charge is 0.481 e. The SMILES string of the molecule is CCCCCN1C(=O)C(CCC(=O)O)(NC(=O)c2ccc(Cl)c(Cl)c2)c2ccccc21. The number of aliphatic carboxylic acids is 1. The number of amides is 2. The Balaban J connectivity index is 2.02. The molecule has 1 heterocycles. The maximum atomic E-state index is 13.7. The molecule has 1 atom stereocenters. The van der Waals surface area contributed by atoms with Crippen LogP contribution in [-0.4, -0.2) is 29.4 Å². The second kappa shape index (κ2) is 9.71. The van der Waals surface area contributed by atoms with E-state index in [9.17, 15) is 19.5 Å². The lowest BCUT2D eigenvalue weighted by Gasteiger charge is -2.30. The van der Waals surface area contributed by atoms with Crippen LogP contribution in [0.2, 0.25) is 10.0 Å². The number of nitrogens with zero attached hydrogens (tertiary/aromatic N) is 1. The molecule has 1 aliphatic heterocycles. The normalized spacial score (nSPS) is 17.5. The second-order valence-corrected chi connectivity index (χ2v) is 8.38. The van der Waals surface area contributed by atoms with Gasteiger partial charge in [-0.05, 0) is 37.1 Å². The minimum atomic E-state index is -1.47. The smallest absolute Gasteiger partial charge is 0.303 e. The maximum absolute atomic E-state index is 13.7. The Bertz CT molecular complexity index is 1010. The van der Waals surface area contributed by atoms with Crippen LogP contribution < -0.4 is 10.2 Å². The summed E-state index contributed by atoms with van der Waals surface area (Å²) in [5.41, 5.74) is 0.0677. The van der Waals surface area contributed by atoms with Gasteiger partial charge in [-0.25, -0.2) is 0 Å². The number of para-hydroxylation sites is 1. The summed E-state index contributed by atoms with van der Waals surface area (Å²) in [6.45, 7) is 2.58. The number of carboxylic acid groups (broad SMARTS) is 1. The minimum Gasteiger partial charge on any atom is -0.481 e. The second-order valence-electron chi connectivity index (χ2n) is 7.56. The number of fused-ring (bicyclic) bond motifs is 1. The van der Waals surface area contributed by atoms with Gasteiger partial charge in [0, 0.05) is 29.8 Å². The number of benzene rings is 2. The summed E-state index contributed by atoms with van der Waals surface area (Å²) in [5, 5.41) is 12.7. The van der Waals surface area contributed by atoms with Crippen LogP contribution in [0.15, 0.2) is 42.5 Å². The van der Waals surface area contributed by atoms with Gasteiger partial charge in [-0.2, -0.15) is 0 Å². The van der Waals surface area contributed by atoms with E-state index in [4.69, 9.17) is 23.2 Å². The number of rotatable bonds is 9. The Morgan fingerprint density at radius 2 is 1.84 bits per heavy atom. The van der Waals surface area contributed by atoms with Crippen molar-refractivity contribution in [2.24, 2.45) is 0 Å². The highest BCUT2D eigenvalue weighted by Crippen LogP contribution is 2.43. The summed E-state index contributed by atoms with van der Waals surface area (Å²) in [5.74, 6) is -1.89. The van der Waals surface area contributed by atoms with E-state index in [2.05, 4.69) is 12.2 Å². The number of nitrogens with one attached hydrogen (secondary N) is 1. The van der Waals surface area contributed by atoms with Crippen LogP contribution in [0.1, 0.15) is 54.9 Å². The summed E-state index contributed by atoms with van der Waals surface area (Å²) in [7, 11) is 0. The van der Waals surface area contributed by atoms with Crippen molar-refractivity contribution >= 4 is 46.7 Å². The maximum Gasteiger partial charge on any atom is 0.303 e. The van der Waals surface area contributed by atoms with Gasteiger partial charge in [0.05, 0.1) is 10.0 Å². The van der Waals surface area contributed by atoms with Gasteiger partial charge in [-0.15, -0.1) is 0 Å². The van der Waals surface area contributed by atoms with Crippen LogP contribution >= 0.6 is 23.2 Å². The molecule has 1 unspecified atom stereocenters. The minimum absolute atomic E-state index is 0.0600. The highest BCUT2D eigenvalue weighted by molar-refractivity contribution is 6.42. The summed E-state index contributed by atoms with van der Waals surface area (Å²) >= 11 is 12.0. The van der Waals surface area contributed by atoms with E-state index in [1.165, 1.54) is 18.2 Å². The zero-order valence-electron chi connectivity index (χ0n) is 17.2. The quantitative estimate of drug-likeness (QED) is 0.512. The van der Waals surface area contributed by atoms with Crippen molar-refractivity contribution in [2.75, 3.05) is 11.4 Å². The predicted molar refractivity (Wildman–Crippen MR) is 121 cm³/mol. The number of carbonyl (C=O) groups is 3. The molecule has 164 valence electrons. The third-order valence-corrected chi connectivity index (χ3v) is 6.21.